The van der Waals surface area contributed by atoms with Gasteiger partial charge in [-0.1, -0.05) is 89.6 Å². The zero-order valence-corrected chi connectivity index (χ0v) is 18.4. The first-order valence-electron chi connectivity index (χ1n) is 10.2. The van der Waals surface area contributed by atoms with Gasteiger partial charge in [0.1, 0.15) is 5.41 Å². The summed E-state index contributed by atoms with van der Waals surface area (Å²) in [7, 11) is 0. The third-order valence-corrected chi connectivity index (χ3v) is 7.10. The monoisotopic (exact) mass is 470 g/mol. The van der Waals surface area contributed by atoms with Crippen molar-refractivity contribution in [1.29, 1.82) is 0 Å². The molecule has 2 aliphatic rings. The summed E-state index contributed by atoms with van der Waals surface area (Å²) in [6.45, 7) is 1.82. The summed E-state index contributed by atoms with van der Waals surface area (Å²) in [4.78, 5) is 41.3. The fourth-order valence-corrected chi connectivity index (χ4v) is 5.43. The number of Topliss-reactive ketones (excluding diaryl/α,β-unsaturated/α-hetero) is 2. The fraction of sp³-hybridized carbons (Fsp3) is 0.148. The Morgan fingerprint density at radius 1 is 0.742 bits per heavy atom. The predicted octanol–water partition coefficient (Wildman–Crippen LogP) is 5.90. The average molecular weight is 471 g/mol. The number of allylic oxidation sites excluding steroid dienone is 2. The summed E-state index contributed by atoms with van der Waals surface area (Å²) in [5, 5.41) is 0. The lowest BCUT2D eigenvalue weighted by molar-refractivity contribution is -0.119. The number of hydrogen-bond acceptors (Lipinski definition) is 3. The van der Waals surface area contributed by atoms with Gasteiger partial charge < -0.3 is 0 Å². The molecule has 0 bridgehead atoms. The van der Waals surface area contributed by atoms with Gasteiger partial charge in [0.2, 0.25) is 0 Å². The molecule has 0 amide bonds. The van der Waals surface area contributed by atoms with Crippen LogP contribution in [-0.4, -0.2) is 17.3 Å². The molecule has 0 aliphatic heterocycles. The van der Waals surface area contributed by atoms with E-state index >= 15 is 0 Å². The lowest BCUT2D eigenvalue weighted by Crippen LogP contribution is -2.47. The van der Waals surface area contributed by atoms with Crippen LogP contribution in [0.25, 0.3) is 5.57 Å². The largest absolute Gasteiger partial charge is 0.295 e. The van der Waals surface area contributed by atoms with Crippen LogP contribution in [0.5, 0.6) is 0 Å². The predicted molar refractivity (Wildman–Crippen MR) is 123 cm³/mol. The maximum Gasteiger partial charge on any atom is 0.182 e. The molecule has 0 unspecified atom stereocenters. The van der Waals surface area contributed by atoms with Gasteiger partial charge >= 0.3 is 0 Å². The van der Waals surface area contributed by atoms with Gasteiger partial charge in [-0.3, -0.25) is 14.4 Å². The lowest BCUT2D eigenvalue weighted by atomic mass is 9.55. The van der Waals surface area contributed by atoms with E-state index in [-0.39, 0.29) is 17.3 Å². The molecule has 1 spiro atoms. The van der Waals surface area contributed by atoms with Crippen molar-refractivity contribution in [2.45, 2.75) is 12.8 Å². The van der Waals surface area contributed by atoms with Crippen molar-refractivity contribution in [2.24, 2.45) is 11.3 Å². The molecule has 3 aromatic carbocycles. The van der Waals surface area contributed by atoms with Crippen molar-refractivity contribution in [3.8, 4) is 0 Å². The van der Waals surface area contributed by atoms with E-state index in [1.165, 1.54) is 6.08 Å². The topological polar surface area (TPSA) is 51.2 Å². The van der Waals surface area contributed by atoms with Gasteiger partial charge in [0.15, 0.2) is 17.3 Å². The van der Waals surface area contributed by atoms with Crippen molar-refractivity contribution >= 4 is 38.9 Å². The first-order chi connectivity index (χ1) is 15.0. The molecular weight excluding hydrogens is 452 g/mol. The second-order valence-electron chi connectivity index (χ2n) is 8.16. The molecule has 152 valence electrons. The Bertz CT molecular complexity index is 1220. The molecule has 2 atom stereocenters. The zero-order valence-electron chi connectivity index (χ0n) is 16.8. The van der Waals surface area contributed by atoms with E-state index < -0.39 is 17.3 Å². The minimum atomic E-state index is -1.47. The van der Waals surface area contributed by atoms with Crippen molar-refractivity contribution in [2.75, 3.05) is 0 Å². The maximum absolute atomic E-state index is 14.1. The van der Waals surface area contributed by atoms with Crippen LogP contribution in [0.15, 0.2) is 89.4 Å². The molecule has 0 saturated heterocycles. The van der Waals surface area contributed by atoms with E-state index in [1.807, 2.05) is 61.5 Å². The second kappa shape index (κ2) is 7.24. The van der Waals surface area contributed by atoms with E-state index in [0.717, 1.165) is 15.6 Å². The van der Waals surface area contributed by atoms with Crippen molar-refractivity contribution in [3.05, 3.63) is 112 Å². The van der Waals surface area contributed by atoms with Gasteiger partial charge in [0.05, 0.1) is 0 Å². The van der Waals surface area contributed by atoms with Crippen molar-refractivity contribution in [1.82, 2.24) is 0 Å². The average Bonchev–Trinajstić information content (AvgIpc) is 3.01. The van der Waals surface area contributed by atoms with E-state index in [2.05, 4.69) is 15.9 Å². The van der Waals surface area contributed by atoms with Crippen LogP contribution < -0.4 is 0 Å². The Morgan fingerprint density at radius 2 is 1.29 bits per heavy atom. The Morgan fingerprint density at radius 3 is 1.87 bits per heavy atom. The Kier molecular flexibility index (Phi) is 4.63. The van der Waals surface area contributed by atoms with Gasteiger partial charge in [-0.25, -0.2) is 0 Å². The molecule has 2 aliphatic carbocycles. The lowest BCUT2D eigenvalue weighted by Gasteiger charge is -2.43. The number of fused-ring (bicyclic) bond motifs is 1. The van der Waals surface area contributed by atoms with E-state index in [0.29, 0.717) is 16.7 Å². The van der Waals surface area contributed by atoms with Gasteiger partial charge in [0, 0.05) is 27.4 Å². The molecule has 0 radical (unpaired) electrons. The highest BCUT2D eigenvalue weighted by atomic mass is 79.9. The first-order valence-corrected chi connectivity index (χ1v) is 11.0. The van der Waals surface area contributed by atoms with Crippen LogP contribution in [0.3, 0.4) is 0 Å². The second-order valence-corrected chi connectivity index (χ2v) is 9.07. The molecule has 0 aromatic heterocycles. The highest BCUT2D eigenvalue weighted by molar-refractivity contribution is 9.10. The number of carbonyl (C=O) groups is 3. The minimum Gasteiger partial charge on any atom is -0.295 e. The van der Waals surface area contributed by atoms with Gasteiger partial charge in [0.25, 0.3) is 0 Å². The van der Waals surface area contributed by atoms with E-state index in [9.17, 15) is 14.4 Å². The van der Waals surface area contributed by atoms with Gasteiger partial charge in [-0.05, 0) is 34.9 Å². The number of rotatable bonds is 2. The molecule has 0 fully saturated rings. The third-order valence-electron chi connectivity index (χ3n) is 6.57. The summed E-state index contributed by atoms with van der Waals surface area (Å²) >= 11 is 3.45. The molecule has 3 nitrogen and oxygen atoms in total. The van der Waals surface area contributed by atoms with Crippen LogP contribution in [-0.2, 0) is 4.79 Å². The van der Waals surface area contributed by atoms with E-state index in [4.69, 9.17) is 0 Å². The third kappa shape index (κ3) is 2.75. The normalized spacial score (nSPS) is 21.9. The summed E-state index contributed by atoms with van der Waals surface area (Å²) in [5.41, 5.74) is 1.41. The first kappa shape index (κ1) is 19.8. The number of benzene rings is 3. The molecule has 0 N–H and O–H groups in total. The van der Waals surface area contributed by atoms with Crippen LogP contribution in [0.2, 0.25) is 0 Å². The summed E-state index contributed by atoms with van der Waals surface area (Å²) in [6, 6.07) is 23.9. The standard InChI is InChI=1S/C27H19BrO3/c1-16-23(29)15-22(17-7-3-2-4-8-17)27(24(16)18-11-13-19(28)14-12-18)25(30)20-9-5-6-10-21(20)26(27)31/h2-16,24H,1H3/t16-,24-/m0/s1. The van der Waals surface area contributed by atoms with Crippen LogP contribution >= 0.6 is 15.9 Å². The SMILES string of the molecule is C[C@H]1C(=O)C=C(c2ccccc2)C2(C(=O)c3ccccc3C2=O)[C@@H]1c1ccc(Br)cc1. The zero-order chi connectivity index (χ0) is 21.8. The van der Waals surface area contributed by atoms with Crippen molar-refractivity contribution in [3.63, 3.8) is 0 Å². The molecule has 0 heterocycles. The highest BCUT2D eigenvalue weighted by Gasteiger charge is 2.63. The van der Waals surface area contributed by atoms with Crippen LogP contribution in [0, 0.1) is 11.3 Å². The number of halogens is 1. The number of carbonyl (C=O) groups excluding carboxylic acids is 3. The van der Waals surface area contributed by atoms with Crippen molar-refractivity contribution < 1.29 is 14.4 Å². The summed E-state index contributed by atoms with van der Waals surface area (Å²) in [6.07, 6.45) is 1.52. The van der Waals surface area contributed by atoms with Gasteiger partial charge in [-0.15, -0.1) is 0 Å². The minimum absolute atomic E-state index is 0.0750. The molecular formula is C27H19BrO3. The quantitative estimate of drug-likeness (QED) is 0.438. The highest BCUT2D eigenvalue weighted by Crippen LogP contribution is 2.59. The van der Waals surface area contributed by atoms with Crippen LogP contribution in [0.1, 0.15) is 44.7 Å². The van der Waals surface area contributed by atoms with Crippen LogP contribution in [0.4, 0.5) is 0 Å². The Balaban J connectivity index is 1.86. The molecule has 31 heavy (non-hydrogen) atoms. The number of ketones is 3. The Hall–Kier alpha value is -3.11. The summed E-state index contributed by atoms with van der Waals surface area (Å²) < 4.78 is 0.895. The molecule has 4 heteroatoms. The van der Waals surface area contributed by atoms with E-state index in [1.54, 1.807) is 24.3 Å². The smallest absolute Gasteiger partial charge is 0.182 e. The molecule has 0 saturated carbocycles. The molecule has 3 aromatic rings. The summed E-state index contributed by atoms with van der Waals surface area (Å²) in [5.74, 6) is -1.64. The Labute approximate surface area is 188 Å². The maximum atomic E-state index is 14.1. The fourth-order valence-electron chi connectivity index (χ4n) is 5.17. The number of hydrogen-bond donors (Lipinski definition) is 0. The van der Waals surface area contributed by atoms with Gasteiger partial charge in [-0.2, -0.15) is 0 Å². The molecule has 5 rings (SSSR count).